The van der Waals surface area contributed by atoms with E-state index in [1.807, 2.05) is 13.8 Å². The van der Waals surface area contributed by atoms with Crippen molar-refractivity contribution in [3.8, 4) is 0 Å². The minimum Gasteiger partial charge on any atom is -0.370 e. The molecule has 0 bridgehead atoms. The SMILES string of the molecule is CCCN=C(N)NC(N)=NCCCCCCCCCCN=C(N)NC(N)=NCCC. The van der Waals surface area contributed by atoms with Crippen LogP contribution in [0.2, 0.25) is 0 Å². The van der Waals surface area contributed by atoms with Crippen molar-refractivity contribution in [2.24, 2.45) is 42.9 Å². The molecular formula is C20H44N10. The number of aliphatic imine (C=N–C) groups is 4. The molecule has 0 saturated heterocycles. The van der Waals surface area contributed by atoms with Gasteiger partial charge in [-0.25, -0.2) is 0 Å². The first-order valence-electron chi connectivity index (χ1n) is 11.2. The molecule has 0 aromatic rings. The Labute approximate surface area is 182 Å². The van der Waals surface area contributed by atoms with Crippen molar-refractivity contribution < 1.29 is 0 Å². The Bertz CT molecular complexity index is 492. The summed E-state index contributed by atoms with van der Waals surface area (Å²) in [6, 6.07) is 0. The molecule has 0 amide bonds. The Morgan fingerprint density at radius 1 is 0.467 bits per heavy atom. The van der Waals surface area contributed by atoms with Gasteiger partial charge in [0.15, 0.2) is 23.8 Å². The van der Waals surface area contributed by atoms with Crippen molar-refractivity contribution in [1.29, 1.82) is 0 Å². The van der Waals surface area contributed by atoms with Crippen LogP contribution < -0.4 is 33.6 Å². The van der Waals surface area contributed by atoms with Gasteiger partial charge in [0.25, 0.3) is 0 Å². The number of nitrogens with two attached hydrogens (primary N) is 4. The topological polar surface area (TPSA) is 178 Å². The fraction of sp³-hybridized carbons (Fsp3) is 0.800. The van der Waals surface area contributed by atoms with Gasteiger partial charge in [0, 0.05) is 26.2 Å². The summed E-state index contributed by atoms with van der Waals surface area (Å²) >= 11 is 0. The van der Waals surface area contributed by atoms with Crippen LogP contribution >= 0.6 is 0 Å². The Balaban J connectivity index is 3.58. The third-order valence-corrected chi connectivity index (χ3v) is 4.15. The van der Waals surface area contributed by atoms with Gasteiger partial charge in [-0.2, -0.15) is 0 Å². The zero-order valence-electron chi connectivity index (χ0n) is 19.0. The fourth-order valence-corrected chi connectivity index (χ4v) is 2.57. The summed E-state index contributed by atoms with van der Waals surface area (Å²) in [7, 11) is 0. The van der Waals surface area contributed by atoms with Crippen LogP contribution in [0.4, 0.5) is 0 Å². The standard InChI is InChI=1S/C20H44N10/c1-3-13-25-17(21)29-19(23)27-15-11-9-7-5-6-8-10-12-16-28-20(24)30-18(22)26-14-4-2/h3-16H2,1-2H3,(H5,21,23,25,27,29)(H5,22,24,26,28,30). The average Bonchev–Trinajstić information content (AvgIpc) is 2.71. The summed E-state index contributed by atoms with van der Waals surface area (Å²) in [5, 5.41) is 5.59. The largest absolute Gasteiger partial charge is 0.370 e. The smallest absolute Gasteiger partial charge is 0.195 e. The fourth-order valence-electron chi connectivity index (χ4n) is 2.57. The molecule has 10 N–H and O–H groups in total. The first-order valence-corrected chi connectivity index (χ1v) is 11.2. The molecule has 0 radical (unpaired) electrons. The molecule has 0 aliphatic rings. The number of rotatable bonds is 15. The van der Waals surface area contributed by atoms with Crippen molar-refractivity contribution >= 4 is 23.8 Å². The van der Waals surface area contributed by atoms with Crippen molar-refractivity contribution in [2.45, 2.75) is 78.1 Å². The van der Waals surface area contributed by atoms with E-state index >= 15 is 0 Å². The van der Waals surface area contributed by atoms with Gasteiger partial charge >= 0.3 is 0 Å². The summed E-state index contributed by atoms with van der Waals surface area (Å²) < 4.78 is 0. The summed E-state index contributed by atoms with van der Waals surface area (Å²) in [6.45, 7) is 6.88. The number of hydrogen-bond donors (Lipinski definition) is 6. The van der Waals surface area contributed by atoms with Crippen molar-refractivity contribution in [3.05, 3.63) is 0 Å². The van der Waals surface area contributed by atoms with Gasteiger partial charge in [-0.15, -0.1) is 0 Å². The van der Waals surface area contributed by atoms with Crippen LogP contribution in [0, 0.1) is 0 Å². The highest BCUT2D eigenvalue weighted by molar-refractivity contribution is 5.97. The predicted molar refractivity (Wildman–Crippen MR) is 130 cm³/mol. The Morgan fingerprint density at radius 2 is 0.733 bits per heavy atom. The van der Waals surface area contributed by atoms with Gasteiger partial charge < -0.3 is 22.9 Å². The molecule has 0 unspecified atom stereocenters. The van der Waals surface area contributed by atoms with E-state index in [1.165, 1.54) is 25.7 Å². The number of guanidine groups is 4. The lowest BCUT2D eigenvalue weighted by Crippen LogP contribution is -2.41. The molecule has 0 aliphatic heterocycles. The Hall–Kier alpha value is -2.52. The maximum Gasteiger partial charge on any atom is 0.195 e. The van der Waals surface area contributed by atoms with E-state index < -0.39 is 0 Å². The molecule has 0 saturated carbocycles. The number of nitrogens with zero attached hydrogens (tertiary/aromatic N) is 4. The van der Waals surface area contributed by atoms with Crippen molar-refractivity contribution in [1.82, 2.24) is 10.6 Å². The molecule has 0 aromatic heterocycles. The molecule has 30 heavy (non-hydrogen) atoms. The third-order valence-electron chi connectivity index (χ3n) is 4.15. The number of hydrogen-bond acceptors (Lipinski definition) is 4. The molecule has 0 fully saturated rings. The summed E-state index contributed by atoms with van der Waals surface area (Å²) in [5.41, 5.74) is 22.9. The van der Waals surface area contributed by atoms with Crippen LogP contribution in [-0.2, 0) is 0 Å². The van der Waals surface area contributed by atoms with E-state index in [4.69, 9.17) is 22.9 Å². The van der Waals surface area contributed by atoms with Gasteiger partial charge in [-0.05, 0) is 25.7 Å². The third kappa shape index (κ3) is 18.8. The van der Waals surface area contributed by atoms with E-state index in [9.17, 15) is 0 Å². The summed E-state index contributed by atoms with van der Waals surface area (Å²) in [5.74, 6) is 1.32. The monoisotopic (exact) mass is 424 g/mol. The highest BCUT2D eigenvalue weighted by Crippen LogP contribution is 2.08. The first-order chi connectivity index (χ1) is 14.5. The summed E-state index contributed by atoms with van der Waals surface area (Å²) in [6.07, 6.45) is 11.2. The molecule has 0 aromatic carbocycles. The highest BCUT2D eigenvalue weighted by atomic mass is 15.2. The van der Waals surface area contributed by atoms with Crippen LogP contribution in [0.5, 0.6) is 0 Å². The molecule has 0 atom stereocenters. The second kappa shape index (κ2) is 19.8. The van der Waals surface area contributed by atoms with Crippen LogP contribution in [0.3, 0.4) is 0 Å². The number of unbranched alkanes of at least 4 members (excludes halogenated alkanes) is 7. The molecule has 10 nitrogen and oxygen atoms in total. The maximum atomic E-state index is 5.77. The lowest BCUT2D eigenvalue weighted by Gasteiger charge is -2.05. The van der Waals surface area contributed by atoms with E-state index in [1.54, 1.807) is 0 Å². The van der Waals surface area contributed by atoms with Crippen LogP contribution in [-0.4, -0.2) is 50.0 Å². The Kier molecular flexibility index (Phi) is 18.1. The van der Waals surface area contributed by atoms with E-state index in [2.05, 4.69) is 30.6 Å². The van der Waals surface area contributed by atoms with Gasteiger partial charge in [0.1, 0.15) is 0 Å². The van der Waals surface area contributed by atoms with Gasteiger partial charge in [0.2, 0.25) is 0 Å². The predicted octanol–water partition coefficient (Wildman–Crippen LogP) is 1.37. The zero-order valence-corrected chi connectivity index (χ0v) is 19.0. The van der Waals surface area contributed by atoms with Gasteiger partial charge in [-0.3, -0.25) is 30.6 Å². The summed E-state index contributed by atoms with van der Waals surface area (Å²) in [4.78, 5) is 16.8. The highest BCUT2D eigenvalue weighted by Gasteiger charge is 1.97. The lowest BCUT2D eigenvalue weighted by molar-refractivity contribution is 0.572. The van der Waals surface area contributed by atoms with Crippen LogP contribution in [0.15, 0.2) is 20.0 Å². The molecule has 0 heterocycles. The van der Waals surface area contributed by atoms with E-state index in [0.29, 0.717) is 50.0 Å². The van der Waals surface area contributed by atoms with Gasteiger partial charge in [0.05, 0.1) is 0 Å². The van der Waals surface area contributed by atoms with Crippen molar-refractivity contribution in [3.63, 3.8) is 0 Å². The van der Waals surface area contributed by atoms with Gasteiger partial charge in [-0.1, -0.05) is 52.4 Å². The molecule has 0 rings (SSSR count). The van der Waals surface area contributed by atoms with Crippen LogP contribution in [0.25, 0.3) is 0 Å². The molecular weight excluding hydrogens is 380 g/mol. The second-order valence-corrected chi connectivity index (χ2v) is 7.15. The maximum absolute atomic E-state index is 5.77. The van der Waals surface area contributed by atoms with Crippen molar-refractivity contribution in [2.75, 3.05) is 26.2 Å². The Morgan fingerprint density at radius 3 is 1.03 bits per heavy atom. The van der Waals surface area contributed by atoms with Crippen LogP contribution in [0.1, 0.15) is 78.1 Å². The normalized spacial score (nSPS) is 13.5. The quantitative estimate of drug-likeness (QED) is 0.131. The average molecular weight is 425 g/mol. The first kappa shape index (κ1) is 27.5. The second-order valence-electron chi connectivity index (χ2n) is 7.15. The molecule has 174 valence electrons. The van der Waals surface area contributed by atoms with E-state index in [0.717, 1.165) is 38.5 Å². The van der Waals surface area contributed by atoms with E-state index in [-0.39, 0.29) is 0 Å². The molecule has 10 heteroatoms. The molecule has 0 spiro atoms. The number of nitrogens with one attached hydrogen (secondary N) is 2. The zero-order chi connectivity index (χ0) is 22.5. The lowest BCUT2D eigenvalue weighted by atomic mass is 10.1. The minimum atomic E-state index is 0.327. The minimum absolute atomic E-state index is 0.327. The molecule has 0 aliphatic carbocycles.